The van der Waals surface area contributed by atoms with Crippen LogP contribution in [-0.2, 0) is 10.3 Å². The number of hydrogen-bond donors (Lipinski definition) is 2. The summed E-state index contributed by atoms with van der Waals surface area (Å²) in [5.41, 5.74) is 3.72. The van der Waals surface area contributed by atoms with Gasteiger partial charge in [-0.25, -0.2) is 4.79 Å². The van der Waals surface area contributed by atoms with E-state index in [2.05, 4.69) is 5.32 Å². The number of aliphatic hydroxyl groups excluding tert-OH is 1. The standard InChI is InChI=1S/C23H28N2O4/c1-14-6-10-18(11-7-14)23(5)21(27)25(22(28)24-23)12-19(26)13-29-20-16(3)9-8-15(2)17(20)4/h6-11,19,26H,12-13H2,1-5H3,(H,24,28)/t19-,23+/m0/s1. The fourth-order valence-corrected chi connectivity index (χ4v) is 3.54. The fraction of sp³-hybridized carbons (Fsp3) is 0.391. The Balaban J connectivity index is 1.69. The molecule has 1 heterocycles. The maximum absolute atomic E-state index is 13.0. The number of urea groups is 1. The van der Waals surface area contributed by atoms with Gasteiger partial charge in [0.05, 0.1) is 6.54 Å². The zero-order valence-electron chi connectivity index (χ0n) is 17.6. The number of ether oxygens (including phenoxy) is 1. The second kappa shape index (κ2) is 7.87. The third-order valence-electron chi connectivity index (χ3n) is 5.59. The summed E-state index contributed by atoms with van der Waals surface area (Å²) in [5, 5.41) is 13.2. The highest BCUT2D eigenvalue weighted by Gasteiger charge is 2.49. The number of benzene rings is 2. The number of imide groups is 1. The molecule has 2 N–H and O–H groups in total. The average molecular weight is 396 g/mol. The molecule has 1 saturated heterocycles. The van der Waals surface area contributed by atoms with Gasteiger partial charge in [0.2, 0.25) is 0 Å². The second-order valence-electron chi connectivity index (χ2n) is 7.96. The van der Waals surface area contributed by atoms with E-state index in [9.17, 15) is 14.7 Å². The van der Waals surface area contributed by atoms with Crippen LogP contribution in [0.2, 0.25) is 0 Å². The highest BCUT2D eigenvalue weighted by molar-refractivity contribution is 6.07. The van der Waals surface area contributed by atoms with Gasteiger partial charge in [0.25, 0.3) is 5.91 Å². The molecule has 3 amide bonds. The Morgan fingerprint density at radius 1 is 1.03 bits per heavy atom. The first kappa shape index (κ1) is 20.9. The molecule has 154 valence electrons. The summed E-state index contributed by atoms with van der Waals surface area (Å²) in [5.74, 6) is 0.346. The van der Waals surface area contributed by atoms with Crippen LogP contribution in [0.1, 0.15) is 34.7 Å². The first-order chi connectivity index (χ1) is 13.6. The molecule has 3 rings (SSSR count). The molecule has 0 aliphatic carbocycles. The largest absolute Gasteiger partial charge is 0.490 e. The predicted octanol–water partition coefficient (Wildman–Crippen LogP) is 3.13. The van der Waals surface area contributed by atoms with Crippen molar-refractivity contribution in [2.24, 2.45) is 0 Å². The van der Waals surface area contributed by atoms with E-state index < -0.39 is 17.7 Å². The normalized spacial score (nSPS) is 20.0. The number of carbonyl (C=O) groups excluding carboxylic acids is 2. The molecule has 0 unspecified atom stereocenters. The van der Waals surface area contributed by atoms with Crippen molar-refractivity contribution in [2.45, 2.75) is 46.3 Å². The van der Waals surface area contributed by atoms with E-state index in [4.69, 9.17) is 4.74 Å². The Labute approximate surface area is 171 Å². The van der Waals surface area contributed by atoms with Crippen LogP contribution in [-0.4, -0.2) is 41.2 Å². The maximum Gasteiger partial charge on any atom is 0.325 e. The average Bonchev–Trinajstić information content (AvgIpc) is 2.89. The predicted molar refractivity (Wildman–Crippen MR) is 111 cm³/mol. The highest BCUT2D eigenvalue weighted by Crippen LogP contribution is 2.29. The molecular formula is C23H28N2O4. The Bertz CT molecular complexity index is 939. The number of aryl methyl sites for hydroxylation is 3. The van der Waals surface area contributed by atoms with Gasteiger partial charge in [0, 0.05) is 0 Å². The molecule has 2 atom stereocenters. The Morgan fingerprint density at radius 2 is 1.66 bits per heavy atom. The van der Waals surface area contributed by atoms with Gasteiger partial charge in [-0.2, -0.15) is 0 Å². The lowest BCUT2D eigenvalue weighted by Gasteiger charge is -2.23. The SMILES string of the molecule is Cc1ccc([C@@]2(C)NC(=O)N(C[C@H](O)COc3c(C)ccc(C)c3C)C2=O)cc1. The summed E-state index contributed by atoms with van der Waals surface area (Å²) in [6.45, 7) is 9.41. The lowest BCUT2D eigenvalue weighted by atomic mass is 9.91. The molecule has 0 radical (unpaired) electrons. The molecule has 2 aromatic rings. The van der Waals surface area contributed by atoms with Crippen LogP contribution in [0.25, 0.3) is 0 Å². The molecule has 6 heteroatoms. The molecule has 6 nitrogen and oxygen atoms in total. The molecule has 1 aliphatic rings. The Morgan fingerprint density at radius 3 is 2.31 bits per heavy atom. The summed E-state index contributed by atoms with van der Waals surface area (Å²) < 4.78 is 5.82. The molecule has 0 aromatic heterocycles. The molecule has 0 spiro atoms. The molecular weight excluding hydrogens is 368 g/mol. The van der Waals surface area contributed by atoms with Crippen molar-refractivity contribution >= 4 is 11.9 Å². The topological polar surface area (TPSA) is 78.9 Å². The zero-order chi connectivity index (χ0) is 21.3. The third-order valence-corrected chi connectivity index (χ3v) is 5.59. The van der Waals surface area contributed by atoms with Crippen molar-refractivity contribution in [1.82, 2.24) is 10.2 Å². The number of nitrogens with zero attached hydrogens (tertiary/aromatic N) is 1. The van der Waals surface area contributed by atoms with Crippen LogP contribution in [0.4, 0.5) is 4.79 Å². The second-order valence-corrected chi connectivity index (χ2v) is 7.96. The van der Waals surface area contributed by atoms with Crippen molar-refractivity contribution in [1.29, 1.82) is 0 Å². The lowest BCUT2D eigenvalue weighted by Crippen LogP contribution is -2.42. The number of carbonyl (C=O) groups is 2. The van der Waals surface area contributed by atoms with Crippen molar-refractivity contribution in [3.63, 3.8) is 0 Å². The van der Waals surface area contributed by atoms with Gasteiger partial charge in [0.15, 0.2) is 0 Å². The van der Waals surface area contributed by atoms with Crippen LogP contribution in [0, 0.1) is 27.7 Å². The molecule has 2 aromatic carbocycles. The third kappa shape index (κ3) is 3.98. The summed E-state index contributed by atoms with van der Waals surface area (Å²) in [6.07, 6.45) is -0.996. The molecule has 1 fully saturated rings. The number of hydrogen-bond acceptors (Lipinski definition) is 4. The number of β-amino-alcohol motifs (C(OH)–C–C–N with tert-alkyl or cyclic N) is 1. The number of aliphatic hydroxyl groups is 1. The van der Waals surface area contributed by atoms with Gasteiger partial charge >= 0.3 is 6.03 Å². The molecule has 29 heavy (non-hydrogen) atoms. The molecule has 0 saturated carbocycles. The van der Waals surface area contributed by atoms with Gasteiger partial charge in [-0.1, -0.05) is 42.0 Å². The van der Waals surface area contributed by atoms with Gasteiger partial charge in [0.1, 0.15) is 24.0 Å². The van der Waals surface area contributed by atoms with Crippen LogP contribution in [0.15, 0.2) is 36.4 Å². The van der Waals surface area contributed by atoms with Crippen LogP contribution in [0.5, 0.6) is 5.75 Å². The number of rotatable bonds is 6. The van der Waals surface area contributed by atoms with Crippen LogP contribution >= 0.6 is 0 Å². The minimum absolute atomic E-state index is 0.0105. The Hall–Kier alpha value is -2.86. The summed E-state index contributed by atoms with van der Waals surface area (Å²) in [4.78, 5) is 26.5. The lowest BCUT2D eigenvalue weighted by molar-refractivity contribution is -0.132. The van der Waals surface area contributed by atoms with Crippen molar-refractivity contribution in [3.8, 4) is 5.75 Å². The summed E-state index contributed by atoms with van der Waals surface area (Å²) in [6, 6.07) is 10.9. The van der Waals surface area contributed by atoms with Gasteiger partial charge in [-0.3, -0.25) is 9.69 Å². The van der Waals surface area contributed by atoms with Crippen molar-refractivity contribution < 1.29 is 19.4 Å². The van der Waals surface area contributed by atoms with Crippen LogP contribution < -0.4 is 10.1 Å². The Kier molecular flexibility index (Phi) is 5.66. The van der Waals surface area contributed by atoms with Gasteiger partial charge in [-0.15, -0.1) is 0 Å². The van der Waals surface area contributed by atoms with E-state index >= 15 is 0 Å². The van der Waals surface area contributed by atoms with E-state index in [1.54, 1.807) is 6.92 Å². The minimum Gasteiger partial charge on any atom is -0.490 e. The van der Waals surface area contributed by atoms with Crippen LogP contribution in [0.3, 0.4) is 0 Å². The quantitative estimate of drug-likeness (QED) is 0.736. The van der Waals surface area contributed by atoms with E-state index in [1.807, 2.05) is 64.1 Å². The molecule has 0 bridgehead atoms. The first-order valence-corrected chi connectivity index (χ1v) is 9.72. The van der Waals surface area contributed by atoms with Crippen molar-refractivity contribution in [2.75, 3.05) is 13.2 Å². The van der Waals surface area contributed by atoms with E-state index in [0.29, 0.717) is 5.56 Å². The summed E-state index contributed by atoms with van der Waals surface area (Å²) >= 11 is 0. The highest BCUT2D eigenvalue weighted by atomic mass is 16.5. The van der Waals surface area contributed by atoms with Crippen molar-refractivity contribution in [3.05, 3.63) is 64.2 Å². The monoisotopic (exact) mass is 396 g/mol. The van der Waals surface area contributed by atoms with E-state index in [0.717, 1.165) is 32.9 Å². The van der Waals surface area contributed by atoms with E-state index in [1.165, 1.54) is 0 Å². The zero-order valence-corrected chi connectivity index (χ0v) is 17.6. The smallest absolute Gasteiger partial charge is 0.325 e. The fourth-order valence-electron chi connectivity index (χ4n) is 3.54. The minimum atomic E-state index is -1.14. The maximum atomic E-state index is 13.0. The summed E-state index contributed by atoms with van der Waals surface area (Å²) in [7, 11) is 0. The number of amides is 3. The van der Waals surface area contributed by atoms with Gasteiger partial charge < -0.3 is 15.2 Å². The first-order valence-electron chi connectivity index (χ1n) is 9.72. The van der Waals surface area contributed by atoms with E-state index in [-0.39, 0.29) is 19.1 Å². The molecule has 1 aliphatic heterocycles. The number of nitrogens with one attached hydrogen (secondary N) is 1. The van der Waals surface area contributed by atoms with Gasteiger partial charge in [-0.05, 0) is 56.9 Å².